The van der Waals surface area contributed by atoms with Gasteiger partial charge in [0.15, 0.2) is 0 Å². The monoisotopic (exact) mass is 168 g/mol. The summed E-state index contributed by atoms with van der Waals surface area (Å²) in [5, 5.41) is 8.02. The van der Waals surface area contributed by atoms with Crippen LogP contribution in [-0.4, -0.2) is 33.1 Å². The van der Waals surface area contributed by atoms with Gasteiger partial charge in [0, 0.05) is 7.05 Å². The average Bonchev–Trinajstić information content (AvgIpc) is 1.85. The summed E-state index contributed by atoms with van der Waals surface area (Å²) in [4.78, 5) is 9.81. The molecule has 0 aromatic carbocycles. The molecule has 0 heterocycles. The van der Waals surface area contributed by atoms with Gasteiger partial charge in [-0.2, -0.15) is 13.1 Å². The van der Waals surface area contributed by atoms with Crippen molar-refractivity contribution in [2.75, 3.05) is 13.6 Å². The van der Waals surface area contributed by atoms with E-state index >= 15 is 0 Å². The minimum Gasteiger partial charge on any atom is -0.480 e. The van der Waals surface area contributed by atoms with Gasteiger partial charge in [-0.3, -0.25) is 4.79 Å². The second-order valence-corrected chi connectivity index (χ2v) is 3.13. The molecule has 10 heavy (non-hydrogen) atoms. The maximum absolute atomic E-state index is 10.4. The second-order valence-electron chi connectivity index (χ2n) is 1.42. The molecule has 3 N–H and O–H groups in total. The molecule has 0 unspecified atom stereocenters. The minimum atomic E-state index is -3.60. The van der Waals surface area contributed by atoms with Crippen molar-refractivity contribution in [1.82, 2.24) is 9.44 Å². The van der Waals surface area contributed by atoms with Crippen LogP contribution < -0.4 is 9.44 Å². The van der Waals surface area contributed by atoms with E-state index in [1.54, 1.807) is 4.72 Å². The van der Waals surface area contributed by atoms with Gasteiger partial charge in [-0.05, 0) is 0 Å². The van der Waals surface area contributed by atoms with Crippen molar-refractivity contribution < 1.29 is 18.3 Å². The summed E-state index contributed by atoms with van der Waals surface area (Å²) in [5.74, 6) is -1.22. The highest BCUT2D eigenvalue weighted by atomic mass is 32.2. The van der Waals surface area contributed by atoms with Crippen molar-refractivity contribution in [3.05, 3.63) is 0 Å². The van der Waals surface area contributed by atoms with Crippen LogP contribution in [0.1, 0.15) is 0 Å². The number of hydrogen-bond donors (Lipinski definition) is 3. The first-order valence-electron chi connectivity index (χ1n) is 2.38. The highest BCUT2D eigenvalue weighted by molar-refractivity contribution is 7.87. The lowest BCUT2D eigenvalue weighted by atomic mass is 10.7. The SMILES string of the molecule is CNS(=O)(=O)NCC(=O)O. The van der Waals surface area contributed by atoms with Crippen LogP contribution in [0.4, 0.5) is 0 Å². The molecular weight excluding hydrogens is 160 g/mol. The molecule has 0 atom stereocenters. The van der Waals surface area contributed by atoms with E-state index in [1.165, 1.54) is 7.05 Å². The lowest BCUT2D eigenvalue weighted by Crippen LogP contribution is -2.37. The van der Waals surface area contributed by atoms with Crippen molar-refractivity contribution >= 4 is 16.2 Å². The van der Waals surface area contributed by atoms with E-state index in [1.807, 2.05) is 4.72 Å². The molecule has 0 aliphatic carbocycles. The highest BCUT2D eigenvalue weighted by Gasteiger charge is 2.06. The number of rotatable bonds is 4. The molecule has 0 saturated carbocycles. The summed E-state index contributed by atoms with van der Waals surface area (Å²) in [7, 11) is -2.41. The van der Waals surface area contributed by atoms with Crippen LogP contribution >= 0.6 is 0 Å². The van der Waals surface area contributed by atoms with Gasteiger partial charge in [0.25, 0.3) is 10.2 Å². The van der Waals surface area contributed by atoms with Gasteiger partial charge in [-0.25, -0.2) is 4.72 Å². The molecule has 60 valence electrons. The number of nitrogens with one attached hydrogen (secondary N) is 2. The van der Waals surface area contributed by atoms with Crippen LogP contribution in [0.25, 0.3) is 0 Å². The van der Waals surface area contributed by atoms with Crippen molar-refractivity contribution in [2.45, 2.75) is 0 Å². The van der Waals surface area contributed by atoms with Crippen LogP contribution in [0.3, 0.4) is 0 Å². The van der Waals surface area contributed by atoms with E-state index in [0.717, 1.165) is 0 Å². The Kier molecular flexibility index (Phi) is 3.26. The fourth-order valence-electron chi connectivity index (χ4n) is 0.229. The summed E-state index contributed by atoms with van der Waals surface area (Å²) >= 11 is 0. The lowest BCUT2D eigenvalue weighted by Gasteiger charge is -1.99. The third-order valence-corrected chi connectivity index (χ3v) is 1.74. The Morgan fingerprint density at radius 3 is 2.40 bits per heavy atom. The zero-order valence-corrected chi connectivity index (χ0v) is 6.10. The maximum atomic E-state index is 10.4. The van der Waals surface area contributed by atoms with Crippen molar-refractivity contribution in [3.8, 4) is 0 Å². The standard InChI is InChI=1S/C3H8N2O4S/c1-4-10(8,9)5-2-3(6)7/h4-5H,2H2,1H3,(H,6,7). The summed E-state index contributed by atoms with van der Waals surface area (Å²) < 4.78 is 24.5. The molecule has 0 amide bonds. The number of carboxylic acid groups (broad SMARTS) is 1. The Balaban J connectivity index is 3.81. The molecule has 0 aromatic rings. The fraction of sp³-hybridized carbons (Fsp3) is 0.667. The first kappa shape index (κ1) is 9.34. The largest absolute Gasteiger partial charge is 0.480 e. The summed E-state index contributed by atoms with van der Waals surface area (Å²) in [5.41, 5.74) is 0. The first-order chi connectivity index (χ1) is 4.48. The molecule has 6 nitrogen and oxygen atoms in total. The van der Waals surface area contributed by atoms with Crippen LogP contribution in [0.2, 0.25) is 0 Å². The summed E-state index contributed by atoms with van der Waals surface area (Å²) in [6, 6.07) is 0. The van der Waals surface area contributed by atoms with Gasteiger partial charge >= 0.3 is 5.97 Å². The Morgan fingerprint density at radius 2 is 2.10 bits per heavy atom. The molecule has 0 spiro atoms. The summed E-state index contributed by atoms with van der Waals surface area (Å²) in [6.07, 6.45) is 0. The van der Waals surface area contributed by atoms with Crippen LogP contribution in [-0.2, 0) is 15.0 Å². The van der Waals surface area contributed by atoms with E-state index in [9.17, 15) is 13.2 Å². The third-order valence-electron chi connectivity index (χ3n) is 0.682. The maximum Gasteiger partial charge on any atom is 0.318 e. The number of carbonyl (C=O) groups is 1. The molecule has 0 aromatic heterocycles. The number of carboxylic acids is 1. The normalized spacial score (nSPS) is 11.3. The molecule has 0 saturated heterocycles. The van der Waals surface area contributed by atoms with E-state index in [0.29, 0.717) is 0 Å². The smallest absolute Gasteiger partial charge is 0.318 e. The van der Waals surface area contributed by atoms with Crippen LogP contribution in [0.15, 0.2) is 0 Å². The lowest BCUT2D eigenvalue weighted by molar-refractivity contribution is -0.135. The molecule has 0 aliphatic rings. The van der Waals surface area contributed by atoms with Gasteiger partial charge in [0.1, 0.15) is 6.54 Å². The molecule has 0 bridgehead atoms. The van der Waals surface area contributed by atoms with E-state index in [2.05, 4.69) is 0 Å². The second kappa shape index (κ2) is 3.49. The van der Waals surface area contributed by atoms with Crippen molar-refractivity contribution in [3.63, 3.8) is 0 Å². The fourth-order valence-corrected chi connectivity index (χ4v) is 0.687. The Bertz CT molecular complexity index is 209. The zero-order chi connectivity index (χ0) is 8.20. The topological polar surface area (TPSA) is 95.5 Å². The molecule has 0 rings (SSSR count). The Morgan fingerprint density at radius 1 is 1.60 bits per heavy atom. The minimum absolute atomic E-state index is 0.608. The molecule has 0 aliphatic heterocycles. The predicted molar refractivity (Wildman–Crippen MR) is 33.6 cm³/mol. The van der Waals surface area contributed by atoms with E-state index < -0.39 is 22.7 Å². The zero-order valence-electron chi connectivity index (χ0n) is 5.29. The molecular formula is C3H8N2O4S. The number of hydrogen-bond acceptors (Lipinski definition) is 3. The predicted octanol–water partition coefficient (Wildman–Crippen LogP) is -1.88. The molecule has 0 fully saturated rings. The number of aliphatic carboxylic acids is 1. The third kappa shape index (κ3) is 4.24. The van der Waals surface area contributed by atoms with Crippen LogP contribution in [0, 0.1) is 0 Å². The summed E-state index contributed by atoms with van der Waals surface area (Å²) in [6.45, 7) is -0.608. The van der Waals surface area contributed by atoms with Gasteiger partial charge < -0.3 is 5.11 Å². The van der Waals surface area contributed by atoms with E-state index in [-0.39, 0.29) is 0 Å². The average molecular weight is 168 g/mol. The highest BCUT2D eigenvalue weighted by Crippen LogP contribution is 1.70. The van der Waals surface area contributed by atoms with Crippen molar-refractivity contribution in [2.24, 2.45) is 0 Å². The first-order valence-corrected chi connectivity index (χ1v) is 3.86. The molecule has 0 radical (unpaired) electrons. The van der Waals surface area contributed by atoms with Crippen LogP contribution in [0.5, 0.6) is 0 Å². The van der Waals surface area contributed by atoms with Gasteiger partial charge in [0.2, 0.25) is 0 Å². The quantitative estimate of drug-likeness (QED) is 0.458. The van der Waals surface area contributed by atoms with Gasteiger partial charge in [-0.15, -0.1) is 0 Å². The van der Waals surface area contributed by atoms with Gasteiger partial charge in [0.05, 0.1) is 0 Å². The molecule has 7 heteroatoms. The van der Waals surface area contributed by atoms with Crippen molar-refractivity contribution in [1.29, 1.82) is 0 Å². The van der Waals surface area contributed by atoms with Gasteiger partial charge in [-0.1, -0.05) is 0 Å². The Labute approximate surface area is 58.4 Å². The Hall–Kier alpha value is -0.660. The van der Waals surface area contributed by atoms with E-state index in [4.69, 9.17) is 5.11 Å².